The molecule has 3 N–H and O–H groups in total. The van der Waals surface area contributed by atoms with Crippen LogP contribution >= 0.6 is 0 Å². The molecule has 0 spiro atoms. The number of fused-ring (bicyclic) bond motifs is 1. The van der Waals surface area contributed by atoms with E-state index < -0.39 is 41.7 Å². The molecule has 0 aromatic heterocycles. The molecule has 0 saturated heterocycles. The van der Waals surface area contributed by atoms with Crippen molar-refractivity contribution in [3.8, 4) is 11.5 Å². The van der Waals surface area contributed by atoms with Crippen molar-refractivity contribution in [2.75, 3.05) is 20.1 Å². The van der Waals surface area contributed by atoms with Crippen LogP contribution in [-0.2, 0) is 32.0 Å². The summed E-state index contributed by atoms with van der Waals surface area (Å²) in [5.74, 6) is -1.84. The van der Waals surface area contributed by atoms with Crippen molar-refractivity contribution in [1.29, 1.82) is 0 Å². The van der Waals surface area contributed by atoms with Gasteiger partial charge in [-0.25, -0.2) is 4.39 Å². The highest BCUT2D eigenvalue weighted by atomic mass is 19.1. The van der Waals surface area contributed by atoms with E-state index in [9.17, 15) is 23.6 Å². The zero-order chi connectivity index (χ0) is 31.1. The maximum atomic E-state index is 14.6. The van der Waals surface area contributed by atoms with E-state index in [0.717, 1.165) is 24.2 Å². The molecule has 3 amide bonds. The number of benzene rings is 2. The van der Waals surface area contributed by atoms with Gasteiger partial charge >= 0.3 is 5.97 Å². The highest BCUT2D eigenvalue weighted by Gasteiger charge is 2.39. The van der Waals surface area contributed by atoms with Gasteiger partial charge in [-0.1, -0.05) is 24.3 Å². The number of hydrogen-bond donors (Lipinski definition) is 3. The molecule has 4 atom stereocenters. The Bertz CT molecular complexity index is 1330. The van der Waals surface area contributed by atoms with E-state index in [1.54, 1.807) is 14.0 Å². The van der Waals surface area contributed by atoms with Crippen LogP contribution in [0.2, 0.25) is 0 Å². The van der Waals surface area contributed by atoms with E-state index in [4.69, 9.17) is 9.47 Å². The first-order valence-electron chi connectivity index (χ1n) is 14.8. The summed E-state index contributed by atoms with van der Waals surface area (Å²) in [6, 6.07) is 9.41. The minimum atomic E-state index is -1.04. The summed E-state index contributed by atoms with van der Waals surface area (Å²) < 4.78 is 25.7. The lowest BCUT2D eigenvalue weighted by Crippen LogP contribution is -2.57. The molecule has 1 aliphatic carbocycles. The number of amides is 3. The zero-order valence-electron chi connectivity index (χ0n) is 25.2. The van der Waals surface area contributed by atoms with Crippen LogP contribution in [0.5, 0.6) is 11.5 Å². The monoisotopic (exact) mass is 596 g/mol. The van der Waals surface area contributed by atoms with Crippen LogP contribution in [0.15, 0.2) is 42.5 Å². The normalized spacial score (nSPS) is 24.5. The highest BCUT2D eigenvalue weighted by Crippen LogP contribution is 2.33. The van der Waals surface area contributed by atoms with Gasteiger partial charge in [-0.2, -0.15) is 0 Å². The fraction of sp³-hybridized carbons (Fsp3) is 0.500. The van der Waals surface area contributed by atoms with Gasteiger partial charge in [0.1, 0.15) is 23.9 Å². The summed E-state index contributed by atoms with van der Waals surface area (Å²) in [5, 5.41) is 9.04. The Morgan fingerprint density at radius 1 is 1.09 bits per heavy atom. The van der Waals surface area contributed by atoms with Crippen molar-refractivity contribution in [2.45, 2.75) is 77.1 Å². The third-order valence-corrected chi connectivity index (χ3v) is 7.84. The zero-order valence-corrected chi connectivity index (χ0v) is 25.2. The molecule has 232 valence electrons. The topological polar surface area (TPSA) is 126 Å². The standard InChI is InChI=1S/C32H41FN4O6/c1-19-18-35-29(24-12-13-24)32(41)37(4)20(2)30(39)36-26(17-22-11-14-28(25(33)16-22)43-21(3)38)31(40)34-15-7-9-23-8-5-6-10-27(23)42-19/h5-6,8,10-11,14,16,19-20,24,26,29,35H,7,9,12-13,15,17-18H2,1-4H3,(H,34,40)(H,36,39)/t19-,20-,26-,29+/m1/s1. The summed E-state index contributed by atoms with van der Waals surface area (Å²) >= 11 is 0. The molecule has 1 heterocycles. The molecule has 1 saturated carbocycles. The largest absolute Gasteiger partial charge is 0.489 e. The molecule has 0 bridgehead atoms. The second kappa shape index (κ2) is 14.5. The number of ether oxygens (including phenoxy) is 2. The summed E-state index contributed by atoms with van der Waals surface area (Å²) in [6.07, 6.45) is 2.91. The van der Waals surface area contributed by atoms with Crippen LogP contribution < -0.4 is 25.4 Å². The molecule has 2 aliphatic rings. The Labute approximate surface area is 251 Å². The number of carbonyl (C=O) groups is 4. The summed E-state index contributed by atoms with van der Waals surface area (Å²) in [7, 11) is 1.58. The van der Waals surface area contributed by atoms with Crippen molar-refractivity contribution in [3.63, 3.8) is 0 Å². The van der Waals surface area contributed by atoms with E-state index in [2.05, 4.69) is 16.0 Å². The third-order valence-electron chi connectivity index (χ3n) is 7.84. The molecule has 4 rings (SSSR count). The Kier molecular flexibility index (Phi) is 10.7. The lowest BCUT2D eigenvalue weighted by molar-refractivity contribution is -0.141. The van der Waals surface area contributed by atoms with Gasteiger partial charge in [-0.15, -0.1) is 0 Å². The van der Waals surface area contributed by atoms with E-state index >= 15 is 0 Å². The number of para-hydroxylation sites is 1. The molecular weight excluding hydrogens is 555 g/mol. The number of aryl methyl sites for hydroxylation is 1. The van der Waals surface area contributed by atoms with Crippen molar-refractivity contribution < 1.29 is 33.0 Å². The third kappa shape index (κ3) is 8.76. The van der Waals surface area contributed by atoms with Crippen LogP contribution in [0, 0.1) is 11.7 Å². The molecule has 0 unspecified atom stereocenters. The lowest BCUT2D eigenvalue weighted by atomic mass is 10.0. The van der Waals surface area contributed by atoms with Gasteiger partial charge in [0, 0.05) is 33.5 Å². The van der Waals surface area contributed by atoms with Gasteiger partial charge in [-0.3, -0.25) is 19.2 Å². The number of likely N-dealkylation sites (N-methyl/N-ethyl adjacent to an activating group) is 1. The van der Waals surface area contributed by atoms with Crippen LogP contribution in [0.1, 0.15) is 51.2 Å². The number of hydrogen-bond acceptors (Lipinski definition) is 7. The predicted molar refractivity (Wildman–Crippen MR) is 158 cm³/mol. The Hall–Kier alpha value is -3.99. The number of esters is 1. The minimum Gasteiger partial charge on any atom is -0.489 e. The second-order valence-electron chi connectivity index (χ2n) is 11.4. The van der Waals surface area contributed by atoms with Gasteiger partial charge < -0.3 is 30.3 Å². The Morgan fingerprint density at radius 2 is 1.84 bits per heavy atom. The quantitative estimate of drug-likeness (QED) is 0.366. The molecule has 2 aromatic rings. The van der Waals surface area contributed by atoms with Crippen molar-refractivity contribution in [1.82, 2.24) is 20.9 Å². The minimum absolute atomic E-state index is 0.0138. The van der Waals surface area contributed by atoms with E-state index in [1.807, 2.05) is 31.2 Å². The molecule has 11 heteroatoms. The molecule has 2 aromatic carbocycles. The molecular formula is C32H41FN4O6. The van der Waals surface area contributed by atoms with Crippen LogP contribution in [-0.4, -0.2) is 73.0 Å². The first-order chi connectivity index (χ1) is 20.5. The van der Waals surface area contributed by atoms with Crippen molar-refractivity contribution in [3.05, 3.63) is 59.4 Å². The van der Waals surface area contributed by atoms with Crippen molar-refractivity contribution in [2.24, 2.45) is 5.92 Å². The lowest BCUT2D eigenvalue weighted by Gasteiger charge is -2.31. The average Bonchev–Trinajstić information content (AvgIpc) is 3.81. The van der Waals surface area contributed by atoms with Gasteiger partial charge in [0.15, 0.2) is 11.6 Å². The fourth-order valence-corrected chi connectivity index (χ4v) is 5.11. The smallest absolute Gasteiger partial charge is 0.308 e. The number of nitrogens with zero attached hydrogens (tertiary/aromatic N) is 1. The number of carbonyl (C=O) groups excluding carboxylic acids is 4. The number of nitrogens with one attached hydrogen (secondary N) is 3. The maximum absolute atomic E-state index is 14.6. The van der Waals surface area contributed by atoms with Crippen LogP contribution in [0.4, 0.5) is 4.39 Å². The highest BCUT2D eigenvalue weighted by molar-refractivity contribution is 5.93. The van der Waals surface area contributed by atoms with Crippen molar-refractivity contribution >= 4 is 23.7 Å². The fourth-order valence-electron chi connectivity index (χ4n) is 5.11. The molecule has 1 fully saturated rings. The summed E-state index contributed by atoms with van der Waals surface area (Å²) in [5.41, 5.74) is 1.42. The average molecular weight is 597 g/mol. The Balaban J connectivity index is 1.57. The maximum Gasteiger partial charge on any atom is 0.308 e. The summed E-state index contributed by atoms with van der Waals surface area (Å²) in [4.78, 5) is 52.9. The molecule has 0 radical (unpaired) electrons. The van der Waals surface area contributed by atoms with Gasteiger partial charge in [0.25, 0.3) is 0 Å². The van der Waals surface area contributed by atoms with Gasteiger partial charge in [0.05, 0.1) is 6.04 Å². The first kappa shape index (κ1) is 31.9. The number of halogens is 1. The van der Waals surface area contributed by atoms with Gasteiger partial charge in [0.2, 0.25) is 17.7 Å². The van der Waals surface area contributed by atoms with E-state index in [1.165, 1.54) is 30.0 Å². The predicted octanol–water partition coefficient (Wildman–Crippen LogP) is 2.52. The second-order valence-corrected chi connectivity index (χ2v) is 11.4. The molecule has 10 nitrogen and oxygen atoms in total. The first-order valence-corrected chi connectivity index (χ1v) is 14.8. The SMILES string of the molecule is CC(=O)Oc1ccc(C[C@H]2NC(=O)[C@@H](C)N(C)C(=O)[C@H](C3CC3)NC[C@@H](C)Oc3ccccc3CCCNC2=O)cc1F. The molecule has 43 heavy (non-hydrogen) atoms. The number of rotatable bonds is 4. The Morgan fingerprint density at radius 3 is 2.53 bits per heavy atom. The van der Waals surface area contributed by atoms with E-state index in [-0.39, 0.29) is 30.1 Å². The van der Waals surface area contributed by atoms with E-state index in [0.29, 0.717) is 31.5 Å². The summed E-state index contributed by atoms with van der Waals surface area (Å²) in [6.45, 7) is 5.54. The molecule has 1 aliphatic heterocycles. The van der Waals surface area contributed by atoms with Gasteiger partial charge in [-0.05, 0) is 74.8 Å². The van der Waals surface area contributed by atoms with Crippen LogP contribution in [0.25, 0.3) is 0 Å². The van der Waals surface area contributed by atoms with Crippen LogP contribution in [0.3, 0.4) is 0 Å².